The lowest BCUT2D eigenvalue weighted by atomic mass is 10.1. The maximum absolute atomic E-state index is 13.0. The summed E-state index contributed by atoms with van der Waals surface area (Å²) >= 11 is 6.04. The van der Waals surface area contributed by atoms with Crippen LogP contribution in [-0.4, -0.2) is 46.6 Å². The Bertz CT molecular complexity index is 887. The third-order valence-electron chi connectivity index (χ3n) is 4.24. The van der Waals surface area contributed by atoms with Gasteiger partial charge in [-0.05, 0) is 29.8 Å². The van der Waals surface area contributed by atoms with Crippen molar-refractivity contribution in [3.8, 4) is 11.5 Å². The Morgan fingerprint density at radius 3 is 2.58 bits per heavy atom. The summed E-state index contributed by atoms with van der Waals surface area (Å²) in [6.45, 7) is 0.814. The van der Waals surface area contributed by atoms with Crippen molar-refractivity contribution in [2.24, 2.45) is 0 Å². The molecule has 0 spiro atoms. The van der Waals surface area contributed by atoms with Gasteiger partial charge in [0.2, 0.25) is 10.0 Å². The molecule has 6 nitrogen and oxygen atoms in total. The van der Waals surface area contributed by atoms with Gasteiger partial charge in [0.1, 0.15) is 0 Å². The number of rotatable bonds is 5. The fourth-order valence-corrected chi connectivity index (χ4v) is 4.52. The highest BCUT2D eigenvalue weighted by atomic mass is 35.5. The second-order valence-electron chi connectivity index (χ2n) is 5.79. The van der Waals surface area contributed by atoms with E-state index in [4.69, 9.17) is 25.8 Å². The molecule has 1 heterocycles. The van der Waals surface area contributed by atoms with E-state index >= 15 is 0 Å². The van der Waals surface area contributed by atoms with Crippen LogP contribution in [0.3, 0.4) is 0 Å². The predicted octanol–water partition coefficient (Wildman–Crippen LogP) is 3.12. The maximum Gasteiger partial charge on any atom is 0.243 e. The minimum atomic E-state index is -3.69. The van der Waals surface area contributed by atoms with Crippen LogP contribution in [0.4, 0.5) is 0 Å². The third-order valence-corrected chi connectivity index (χ3v) is 6.34. The molecule has 140 valence electrons. The van der Waals surface area contributed by atoms with E-state index in [2.05, 4.69) is 0 Å². The first-order valence-electron chi connectivity index (χ1n) is 8.05. The van der Waals surface area contributed by atoms with Crippen molar-refractivity contribution < 1.29 is 22.6 Å². The first-order valence-corrected chi connectivity index (χ1v) is 9.86. The molecular formula is C18H20ClNO5S. The van der Waals surface area contributed by atoms with Gasteiger partial charge in [0.15, 0.2) is 11.5 Å². The zero-order valence-corrected chi connectivity index (χ0v) is 16.1. The monoisotopic (exact) mass is 397 g/mol. The van der Waals surface area contributed by atoms with E-state index in [9.17, 15) is 8.42 Å². The third kappa shape index (κ3) is 3.81. The molecule has 2 aromatic carbocycles. The number of benzene rings is 2. The zero-order chi connectivity index (χ0) is 18.7. The summed E-state index contributed by atoms with van der Waals surface area (Å²) < 4.78 is 43.7. The molecule has 0 amide bonds. The lowest BCUT2D eigenvalue weighted by Crippen LogP contribution is -2.42. The van der Waals surface area contributed by atoms with Crippen LogP contribution in [0.5, 0.6) is 11.5 Å². The molecule has 0 aliphatic carbocycles. The summed E-state index contributed by atoms with van der Waals surface area (Å²) in [7, 11) is -0.712. The molecule has 26 heavy (non-hydrogen) atoms. The number of morpholine rings is 1. The quantitative estimate of drug-likeness (QED) is 0.775. The van der Waals surface area contributed by atoms with Crippen molar-refractivity contribution in [1.29, 1.82) is 0 Å². The van der Waals surface area contributed by atoms with Crippen molar-refractivity contribution in [3.63, 3.8) is 0 Å². The van der Waals surface area contributed by atoms with Crippen molar-refractivity contribution in [3.05, 3.63) is 53.1 Å². The van der Waals surface area contributed by atoms with Gasteiger partial charge in [-0.2, -0.15) is 4.31 Å². The summed E-state index contributed by atoms with van der Waals surface area (Å²) in [6.07, 6.45) is -0.364. The molecule has 1 saturated heterocycles. The molecule has 8 heteroatoms. The molecule has 0 aromatic heterocycles. The van der Waals surface area contributed by atoms with Crippen LogP contribution in [0.1, 0.15) is 11.7 Å². The van der Waals surface area contributed by atoms with E-state index in [0.29, 0.717) is 23.1 Å². The first kappa shape index (κ1) is 19.0. The second kappa shape index (κ2) is 7.84. The maximum atomic E-state index is 13.0. The van der Waals surface area contributed by atoms with Crippen LogP contribution in [-0.2, 0) is 14.8 Å². The van der Waals surface area contributed by atoms with Crippen molar-refractivity contribution >= 4 is 21.6 Å². The van der Waals surface area contributed by atoms with E-state index < -0.39 is 10.0 Å². The summed E-state index contributed by atoms with van der Waals surface area (Å²) in [6, 6.07) is 11.8. The summed E-state index contributed by atoms with van der Waals surface area (Å²) in [5, 5.41) is 0.589. The van der Waals surface area contributed by atoms with Crippen LogP contribution in [0.25, 0.3) is 0 Å². The minimum Gasteiger partial charge on any atom is -0.493 e. The lowest BCUT2D eigenvalue weighted by molar-refractivity contribution is -0.00255. The molecule has 1 fully saturated rings. The number of sulfonamides is 1. The van der Waals surface area contributed by atoms with Gasteiger partial charge in [-0.25, -0.2) is 8.42 Å². The molecule has 1 aliphatic heterocycles. The topological polar surface area (TPSA) is 65.1 Å². The molecule has 3 rings (SSSR count). The summed E-state index contributed by atoms with van der Waals surface area (Å²) in [5.74, 6) is 0.846. The first-order chi connectivity index (χ1) is 12.5. The fourth-order valence-electron chi connectivity index (χ4n) is 2.88. The molecule has 1 atom stereocenters. The molecule has 0 radical (unpaired) electrons. The Hall–Kier alpha value is -1.80. The van der Waals surface area contributed by atoms with Gasteiger partial charge in [-0.3, -0.25) is 0 Å². The van der Waals surface area contributed by atoms with Crippen LogP contribution in [0, 0.1) is 0 Å². The van der Waals surface area contributed by atoms with Crippen LogP contribution < -0.4 is 9.47 Å². The van der Waals surface area contributed by atoms with Crippen LogP contribution in [0.15, 0.2) is 47.4 Å². The smallest absolute Gasteiger partial charge is 0.243 e. The standard InChI is InChI=1S/C18H20ClNO5S/c1-23-16-7-6-15(11-17(16)24-2)26(21,22)20-8-9-25-18(12-20)13-4-3-5-14(19)10-13/h3-7,10-11,18H,8-9,12H2,1-2H3. The number of hydrogen-bond acceptors (Lipinski definition) is 5. The van der Waals surface area contributed by atoms with Crippen molar-refractivity contribution in [2.75, 3.05) is 33.9 Å². The zero-order valence-electron chi connectivity index (χ0n) is 14.5. The fraction of sp³-hybridized carbons (Fsp3) is 0.333. The van der Waals surface area contributed by atoms with Gasteiger partial charge in [0.05, 0.1) is 31.8 Å². The highest BCUT2D eigenvalue weighted by Gasteiger charge is 2.32. The molecule has 0 N–H and O–H groups in total. The van der Waals surface area contributed by atoms with Crippen molar-refractivity contribution in [1.82, 2.24) is 4.31 Å². The Kier molecular flexibility index (Phi) is 5.72. The van der Waals surface area contributed by atoms with E-state index in [1.54, 1.807) is 18.2 Å². The van der Waals surface area contributed by atoms with Gasteiger partial charge in [-0.1, -0.05) is 23.7 Å². The minimum absolute atomic E-state index is 0.155. The highest BCUT2D eigenvalue weighted by molar-refractivity contribution is 7.89. The van der Waals surface area contributed by atoms with E-state index in [0.717, 1.165) is 5.56 Å². The Morgan fingerprint density at radius 1 is 1.12 bits per heavy atom. The number of nitrogens with zero attached hydrogens (tertiary/aromatic N) is 1. The molecule has 1 unspecified atom stereocenters. The van der Waals surface area contributed by atoms with Gasteiger partial charge < -0.3 is 14.2 Å². The van der Waals surface area contributed by atoms with Gasteiger partial charge in [0, 0.05) is 24.2 Å². The number of halogens is 1. The summed E-state index contributed by atoms with van der Waals surface area (Å²) in [5.41, 5.74) is 0.852. The average Bonchev–Trinajstić information content (AvgIpc) is 2.67. The average molecular weight is 398 g/mol. The highest BCUT2D eigenvalue weighted by Crippen LogP contribution is 2.32. The summed E-state index contributed by atoms with van der Waals surface area (Å²) in [4.78, 5) is 0.155. The normalized spacial score (nSPS) is 18.5. The van der Waals surface area contributed by atoms with Gasteiger partial charge >= 0.3 is 0 Å². The van der Waals surface area contributed by atoms with Crippen LogP contribution in [0.2, 0.25) is 5.02 Å². The van der Waals surface area contributed by atoms with Crippen molar-refractivity contribution in [2.45, 2.75) is 11.0 Å². The Labute approximate surface area is 158 Å². The molecule has 2 aromatic rings. The number of ether oxygens (including phenoxy) is 3. The molecular weight excluding hydrogens is 378 g/mol. The van der Waals surface area contributed by atoms with E-state index in [-0.39, 0.29) is 24.1 Å². The SMILES string of the molecule is COc1ccc(S(=O)(=O)N2CCOC(c3cccc(Cl)c3)C2)cc1OC. The van der Waals surface area contributed by atoms with Gasteiger partial charge in [-0.15, -0.1) is 0 Å². The second-order valence-corrected chi connectivity index (χ2v) is 8.17. The molecule has 0 saturated carbocycles. The number of methoxy groups -OCH3 is 2. The van der Waals surface area contributed by atoms with E-state index in [1.807, 2.05) is 12.1 Å². The predicted molar refractivity (Wildman–Crippen MR) is 98.4 cm³/mol. The Balaban J connectivity index is 1.87. The van der Waals surface area contributed by atoms with Crippen LogP contribution >= 0.6 is 11.6 Å². The van der Waals surface area contributed by atoms with Gasteiger partial charge in [0.25, 0.3) is 0 Å². The largest absolute Gasteiger partial charge is 0.493 e. The van der Waals surface area contributed by atoms with E-state index in [1.165, 1.54) is 30.7 Å². The number of hydrogen-bond donors (Lipinski definition) is 0. The lowest BCUT2D eigenvalue weighted by Gasteiger charge is -2.32. The molecule has 0 bridgehead atoms. The Morgan fingerprint density at radius 2 is 1.88 bits per heavy atom. The molecule has 1 aliphatic rings.